The maximum absolute atomic E-state index is 3.52. The van der Waals surface area contributed by atoms with E-state index in [1.54, 1.807) is 0 Å². The summed E-state index contributed by atoms with van der Waals surface area (Å²) in [5.41, 5.74) is 0. The highest BCUT2D eigenvalue weighted by atomic mass is 15.2. The first-order valence-corrected chi connectivity index (χ1v) is 6.81. The van der Waals surface area contributed by atoms with Gasteiger partial charge in [-0.25, -0.2) is 0 Å². The largest absolute Gasteiger partial charge is 0.316 e. The number of piperidine rings is 2. The van der Waals surface area contributed by atoms with Crippen molar-refractivity contribution in [1.82, 2.24) is 10.2 Å². The van der Waals surface area contributed by atoms with Crippen molar-refractivity contribution in [1.29, 1.82) is 0 Å². The molecule has 0 spiro atoms. The Kier molecular flexibility index (Phi) is 4.45. The lowest BCUT2D eigenvalue weighted by atomic mass is 9.95. The Morgan fingerprint density at radius 1 is 1.20 bits per heavy atom. The van der Waals surface area contributed by atoms with Gasteiger partial charge in [0.25, 0.3) is 0 Å². The second kappa shape index (κ2) is 5.86. The molecular formula is C13H26N2. The van der Waals surface area contributed by atoms with E-state index in [-0.39, 0.29) is 0 Å². The van der Waals surface area contributed by atoms with E-state index in [1.807, 2.05) is 0 Å². The highest BCUT2D eigenvalue weighted by Crippen LogP contribution is 2.20. The molecule has 0 aromatic rings. The summed E-state index contributed by atoms with van der Waals surface area (Å²) in [6.45, 7) is 7.60. The van der Waals surface area contributed by atoms with Crippen LogP contribution < -0.4 is 5.32 Å². The molecule has 2 aliphatic rings. The molecular weight excluding hydrogens is 184 g/mol. The van der Waals surface area contributed by atoms with E-state index in [4.69, 9.17) is 0 Å². The monoisotopic (exact) mass is 210 g/mol. The molecule has 2 fully saturated rings. The molecule has 0 aromatic carbocycles. The van der Waals surface area contributed by atoms with E-state index in [9.17, 15) is 0 Å². The van der Waals surface area contributed by atoms with Crippen LogP contribution in [0.3, 0.4) is 0 Å². The fourth-order valence-corrected chi connectivity index (χ4v) is 3.01. The third-order valence-electron chi connectivity index (χ3n) is 4.16. The first-order valence-electron chi connectivity index (χ1n) is 6.81. The first kappa shape index (κ1) is 11.4. The van der Waals surface area contributed by atoms with Crippen LogP contribution in [0, 0.1) is 5.92 Å². The molecule has 2 heterocycles. The van der Waals surface area contributed by atoms with E-state index in [1.165, 1.54) is 64.7 Å². The van der Waals surface area contributed by atoms with Gasteiger partial charge in [-0.1, -0.05) is 6.42 Å². The molecule has 2 nitrogen and oxygen atoms in total. The molecule has 88 valence electrons. The minimum atomic E-state index is 0.843. The second-order valence-corrected chi connectivity index (χ2v) is 5.38. The standard InChI is InChI=1S/C13H26N2/c1-12-5-2-3-9-15(12)10-7-13-6-4-8-14-11-13/h12-14H,2-11H2,1H3. The third-order valence-corrected chi connectivity index (χ3v) is 4.16. The molecule has 0 bridgehead atoms. The van der Waals surface area contributed by atoms with Crippen LogP contribution in [0.1, 0.15) is 45.4 Å². The van der Waals surface area contributed by atoms with Crippen molar-refractivity contribution < 1.29 is 0 Å². The Morgan fingerprint density at radius 3 is 2.87 bits per heavy atom. The van der Waals surface area contributed by atoms with Crippen molar-refractivity contribution in [2.24, 2.45) is 5.92 Å². The molecule has 0 amide bonds. The van der Waals surface area contributed by atoms with Crippen molar-refractivity contribution in [2.75, 3.05) is 26.2 Å². The Bertz CT molecular complexity index is 175. The molecule has 2 atom stereocenters. The number of likely N-dealkylation sites (tertiary alicyclic amines) is 1. The van der Waals surface area contributed by atoms with Crippen LogP contribution in [0.4, 0.5) is 0 Å². The average molecular weight is 210 g/mol. The topological polar surface area (TPSA) is 15.3 Å². The molecule has 0 saturated carbocycles. The Labute approximate surface area is 94.4 Å². The predicted octanol–water partition coefficient (Wildman–Crippen LogP) is 2.25. The lowest BCUT2D eigenvalue weighted by molar-refractivity contribution is 0.146. The highest BCUT2D eigenvalue weighted by molar-refractivity contribution is 4.76. The maximum atomic E-state index is 3.52. The van der Waals surface area contributed by atoms with Gasteiger partial charge in [0.05, 0.1) is 0 Å². The quantitative estimate of drug-likeness (QED) is 0.768. The highest BCUT2D eigenvalue weighted by Gasteiger charge is 2.20. The summed E-state index contributed by atoms with van der Waals surface area (Å²) in [7, 11) is 0. The number of hydrogen-bond donors (Lipinski definition) is 1. The van der Waals surface area contributed by atoms with Gasteiger partial charge in [0, 0.05) is 6.04 Å². The molecule has 2 saturated heterocycles. The van der Waals surface area contributed by atoms with Crippen LogP contribution in [0.2, 0.25) is 0 Å². The van der Waals surface area contributed by atoms with Gasteiger partial charge in [-0.2, -0.15) is 0 Å². The van der Waals surface area contributed by atoms with Gasteiger partial charge in [0.1, 0.15) is 0 Å². The SMILES string of the molecule is CC1CCCCN1CCC1CCCNC1. The van der Waals surface area contributed by atoms with Crippen molar-refractivity contribution in [3.63, 3.8) is 0 Å². The average Bonchev–Trinajstić information content (AvgIpc) is 2.29. The Morgan fingerprint density at radius 2 is 2.13 bits per heavy atom. The zero-order valence-corrected chi connectivity index (χ0v) is 10.2. The number of nitrogens with one attached hydrogen (secondary N) is 1. The minimum Gasteiger partial charge on any atom is -0.316 e. The normalized spacial score (nSPS) is 34.2. The molecule has 2 rings (SSSR count). The van der Waals surface area contributed by atoms with E-state index in [2.05, 4.69) is 17.1 Å². The molecule has 1 N–H and O–H groups in total. The van der Waals surface area contributed by atoms with Crippen LogP contribution in [-0.2, 0) is 0 Å². The first-order chi connectivity index (χ1) is 7.36. The van der Waals surface area contributed by atoms with Crippen LogP contribution in [0.5, 0.6) is 0 Å². The maximum Gasteiger partial charge on any atom is 0.00669 e. The molecule has 0 aliphatic carbocycles. The lowest BCUT2D eigenvalue weighted by Gasteiger charge is -2.35. The van der Waals surface area contributed by atoms with Crippen LogP contribution in [0.25, 0.3) is 0 Å². The summed E-state index contributed by atoms with van der Waals surface area (Å²) < 4.78 is 0. The smallest absolute Gasteiger partial charge is 0.00669 e. The summed E-state index contributed by atoms with van der Waals surface area (Å²) in [5, 5.41) is 3.52. The molecule has 0 aromatic heterocycles. The minimum absolute atomic E-state index is 0.843. The summed E-state index contributed by atoms with van der Waals surface area (Å²) in [5.74, 6) is 0.952. The van der Waals surface area contributed by atoms with Crippen LogP contribution in [-0.4, -0.2) is 37.1 Å². The van der Waals surface area contributed by atoms with Crippen molar-refractivity contribution in [3.8, 4) is 0 Å². The Balaban J connectivity index is 1.67. The Hall–Kier alpha value is -0.0800. The van der Waals surface area contributed by atoms with Crippen LogP contribution in [0.15, 0.2) is 0 Å². The summed E-state index contributed by atoms with van der Waals surface area (Å²) in [6.07, 6.45) is 8.55. The van der Waals surface area contributed by atoms with Gasteiger partial charge in [-0.05, 0) is 71.1 Å². The van der Waals surface area contributed by atoms with E-state index in [0.29, 0.717) is 0 Å². The van der Waals surface area contributed by atoms with Gasteiger partial charge in [0.2, 0.25) is 0 Å². The fourth-order valence-electron chi connectivity index (χ4n) is 3.01. The molecule has 2 heteroatoms. The van der Waals surface area contributed by atoms with Crippen molar-refractivity contribution >= 4 is 0 Å². The van der Waals surface area contributed by atoms with E-state index >= 15 is 0 Å². The number of rotatable bonds is 3. The molecule has 2 aliphatic heterocycles. The fraction of sp³-hybridized carbons (Fsp3) is 1.00. The van der Waals surface area contributed by atoms with Crippen molar-refractivity contribution in [3.05, 3.63) is 0 Å². The van der Waals surface area contributed by atoms with Gasteiger partial charge in [0.15, 0.2) is 0 Å². The van der Waals surface area contributed by atoms with Gasteiger partial charge in [-0.15, -0.1) is 0 Å². The van der Waals surface area contributed by atoms with Crippen LogP contribution >= 0.6 is 0 Å². The van der Waals surface area contributed by atoms with E-state index in [0.717, 1.165) is 12.0 Å². The second-order valence-electron chi connectivity index (χ2n) is 5.38. The third kappa shape index (κ3) is 3.46. The molecule has 0 radical (unpaired) electrons. The zero-order valence-electron chi connectivity index (χ0n) is 10.2. The van der Waals surface area contributed by atoms with Gasteiger partial charge in [-0.3, -0.25) is 0 Å². The van der Waals surface area contributed by atoms with Gasteiger partial charge < -0.3 is 10.2 Å². The molecule has 15 heavy (non-hydrogen) atoms. The van der Waals surface area contributed by atoms with E-state index < -0.39 is 0 Å². The van der Waals surface area contributed by atoms with Gasteiger partial charge >= 0.3 is 0 Å². The number of hydrogen-bond acceptors (Lipinski definition) is 2. The zero-order chi connectivity index (χ0) is 10.5. The summed E-state index contributed by atoms with van der Waals surface area (Å²) in [4.78, 5) is 2.71. The predicted molar refractivity (Wildman–Crippen MR) is 65.1 cm³/mol. The number of nitrogens with zero attached hydrogens (tertiary/aromatic N) is 1. The summed E-state index contributed by atoms with van der Waals surface area (Å²) >= 11 is 0. The van der Waals surface area contributed by atoms with Crippen molar-refractivity contribution in [2.45, 2.75) is 51.5 Å². The molecule has 2 unspecified atom stereocenters. The summed E-state index contributed by atoms with van der Waals surface area (Å²) in [6, 6.07) is 0.843. The lowest BCUT2D eigenvalue weighted by Crippen LogP contribution is -2.40.